The van der Waals surface area contributed by atoms with Gasteiger partial charge in [-0.15, -0.1) is 0 Å². The second-order valence-corrected chi connectivity index (χ2v) is 3.61. The number of hydrogen-bond donors (Lipinski definition) is 1. The van der Waals surface area contributed by atoms with E-state index in [0.29, 0.717) is 11.6 Å². The molecule has 0 fully saturated rings. The predicted octanol–water partition coefficient (Wildman–Crippen LogP) is 1.78. The topological polar surface area (TPSA) is 48.0 Å². The van der Waals surface area contributed by atoms with Gasteiger partial charge in [0, 0.05) is 17.4 Å². The van der Waals surface area contributed by atoms with E-state index >= 15 is 0 Å². The van der Waals surface area contributed by atoms with Gasteiger partial charge in [0.15, 0.2) is 0 Å². The fourth-order valence-electron chi connectivity index (χ4n) is 1.82. The number of rotatable bonds is 2. The first kappa shape index (κ1) is 9.84. The second-order valence-electron chi connectivity index (χ2n) is 3.61. The van der Waals surface area contributed by atoms with Gasteiger partial charge in [-0.05, 0) is 33.8 Å². The number of carbonyl (C=O) groups excluding carboxylic acids is 1. The molecule has 3 heteroatoms. The molecule has 0 aliphatic heterocycles. The largest absolute Gasteiger partial charge is 0.366 e. The van der Waals surface area contributed by atoms with Crippen LogP contribution in [0.4, 0.5) is 0 Å². The first-order chi connectivity index (χ1) is 5.95. The van der Waals surface area contributed by atoms with Gasteiger partial charge in [0.1, 0.15) is 0 Å². The Morgan fingerprint density at radius 1 is 1.46 bits per heavy atom. The third-order valence-corrected chi connectivity index (χ3v) is 2.27. The lowest BCUT2D eigenvalue weighted by Crippen LogP contribution is -2.13. The molecule has 0 saturated carbocycles. The molecular formula is C10H16N2O. The maximum atomic E-state index is 11.0. The molecule has 0 spiro atoms. The number of carbonyl (C=O) groups is 1. The molecule has 0 aliphatic carbocycles. The van der Waals surface area contributed by atoms with Crippen molar-refractivity contribution in [3.05, 3.63) is 23.0 Å². The van der Waals surface area contributed by atoms with E-state index in [9.17, 15) is 4.79 Å². The van der Waals surface area contributed by atoms with E-state index in [2.05, 4.69) is 18.4 Å². The minimum absolute atomic E-state index is 0.347. The highest BCUT2D eigenvalue weighted by atomic mass is 16.1. The Balaban J connectivity index is 3.30. The first-order valence-electron chi connectivity index (χ1n) is 4.43. The molecule has 1 rings (SSSR count). The van der Waals surface area contributed by atoms with Crippen molar-refractivity contribution in [1.29, 1.82) is 0 Å². The van der Waals surface area contributed by atoms with Crippen LogP contribution in [-0.2, 0) is 0 Å². The van der Waals surface area contributed by atoms with E-state index in [0.717, 1.165) is 11.4 Å². The van der Waals surface area contributed by atoms with Crippen LogP contribution in [0.1, 0.15) is 41.6 Å². The fourth-order valence-corrected chi connectivity index (χ4v) is 1.82. The molecule has 1 aromatic rings. The van der Waals surface area contributed by atoms with Crippen LogP contribution in [0.3, 0.4) is 0 Å². The quantitative estimate of drug-likeness (QED) is 0.741. The summed E-state index contributed by atoms with van der Waals surface area (Å²) >= 11 is 0. The van der Waals surface area contributed by atoms with Gasteiger partial charge in [0.05, 0.1) is 5.56 Å². The number of nitrogens with zero attached hydrogens (tertiary/aromatic N) is 1. The summed E-state index contributed by atoms with van der Waals surface area (Å²) < 4.78 is 2.11. The van der Waals surface area contributed by atoms with Crippen LogP contribution in [0.5, 0.6) is 0 Å². The molecule has 1 heterocycles. The Bertz CT molecular complexity index is 337. The van der Waals surface area contributed by atoms with E-state index in [1.54, 1.807) is 0 Å². The first-order valence-corrected chi connectivity index (χ1v) is 4.43. The Morgan fingerprint density at radius 3 is 2.23 bits per heavy atom. The smallest absolute Gasteiger partial charge is 0.250 e. The molecule has 0 aliphatic rings. The van der Waals surface area contributed by atoms with Crippen molar-refractivity contribution < 1.29 is 4.79 Å². The minimum atomic E-state index is -0.347. The zero-order valence-electron chi connectivity index (χ0n) is 8.59. The van der Waals surface area contributed by atoms with Gasteiger partial charge < -0.3 is 10.3 Å². The van der Waals surface area contributed by atoms with Crippen LogP contribution in [-0.4, -0.2) is 10.5 Å². The SMILES string of the molecule is Cc1cc(C(N)=O)c(C)n1C(C)C. The van der Waals surface area contributed by atoms with Gasteiger partial charge in [-0.25, -0.2) is 0 Å². The summed E-state index contributed by atoms with van der Waals surface area (Å²) in [7, 11) is 0. The second kappa shape index (κ2) is 3.24. The van der Waals surface area contributed by atoms with Crippen molar-refractivity contribution in [2.45, 2.75) is 33.7 Å². The van der Waals surface area contributed by atoms with Crippen molar-refractivity contribution in [1.82, 2.24) is 4.57 Å². The van der Waals surface area contributed by atoms with Crippen LogP contribution < -0.4 is 5.73 Å². The van der Waals surface area contributed by atoms with Gasteiger partial charge in [-0.3, -0.25) is 4.79 Å². The number of aryl methyl sites for hydroxylation is 1. The van der Waals surface area contributed by atoms with Crippen molar-refractivity contribution in [3.63, 3.8) is 0 Å². The van der Waals surface area contributed by atoms with Crippen LogP contribution in [0, 0.1) is 13.8 Å². The lowest BCUT2D eigenvalue weighted by molar-refractivity contribution is 0.0999. The molecule has 0 radical (unpaired) electrons. The number of primary amides is 1. The lowest BCUT2D eigenvalue weighted by atomic mass is 10.2. The van der Waals surface area contributed by atoms with Crippen LogP contribution in [0.15, 0.2) is 6.07 Å². The summed E-state index contributed by atoms with van der Waals surface area (Å²) in [4.78, 5) is 11.0. The summed E-state index contributed by atoms with van der Waals surface area (Å²) in [6.07, 6.45) is 0. The molecule has 1 amide bonds. The van der Waals surface area contributed by atoms with E-state index in [1.165, 1.54) is 0 Å². The van der Waals surface area contributed by atoms with E-state index in [1.807, 2.05) is 19.9 Å². The van der Waals surface area contributed by atoms with Crippen LogP contribution in [0.2, 0.25) is 0 Å². The summed E-state index contributed by atoms with van der Waals surface area (Å²) in [6.45, 7) is 8.09. The molecule has 72 valence electrons. The van der Waals surface area contributed by atoms with Crippen LogP contribution in [0.25, 0.3) is 0 Å². The monoisotopic (exact) mass is 180 g/mol. The molecule has 0 saturated heterocycles. The minimum Gasteiger partial charge on any atom is -0.366 e. The lowest BCUT2D eigenvalue weighted by Gasteiger charge is -2.13. The number of amides is 1. The predicted molar refractivity (Wildman–Crippen MR) is 52.8 cm³/mol. The standard InChI is InChI=1S/C10H16N2O/c1-6(2)12-7(3)5-9(8(12)4)10(11)13/h5-6H,1-4H3,(H2,11,13). The summed E-state index contributed by atoms with van der Waals surface area (Å²) in [5.74, 6) is -0.347. The summed E-state index contributed by atoms with van der Waals surface area (Å²) in [6, 6.07) is 2.21. The molecule has 3 nitrogen and oxygen atoms in total. The third kappa shape index (κ3) is 1.59. The third-order valence-electron chi connectivity index (χ3n) is 2.27. The average molecular weight is 180 g/mol. The van der Waals surface area contributed by atoms with E-state index < -0.39 is 0 Å². The highest BCUT2D eigenvalue weighted by molar-refractivity contribution is 5.94. The summed E-state index contributed by atoms with van der Waals surface area (Å²) in [5.41, 5.74) is 7.92. The fraction of sp³-hybridized carbons (Fsp3) is 0.500. The molecular weight excluding hydrogens is 164 g/mol. The molecule has 2 N–H and O–H groups in total. The number of nitrogens with two attached hydrogens (primary N) is 1. The Labute approximate surface area is 78.5 Å². The molecule has 1 aromatic heterocycles. The zero-order valence-corrected chi connectivity index (χ0v) is 8.59. The summed E-state index contributed by atoms with van der Waals surface area (Å²) in [5, 5.41) is 0. The number of aromatic nitrogens is 1. The van der Waals surface area contributed by atoms with Crippen molar-refractivity contribution in [3.8, 4) is 0 Å². The Morgan fingerprint density at radius 2 is 2.00 bits per heavy atom. The van der Waals surface area contributed by atoms with Gasteiger partial charge >= 0.3 is 0 Å². The van der Waals surface area contributed by atoms with Gasteiger partial charge in [0.2, 0.25) is 0 Å². The average Bonchev–Trinajstić information content (AvgIpc) is 2.26. The van der Waals surface area contributed by atoms with Gasteiger partial charge in [-0.1, -0.05) is 0 Å². The number of hydrogen-bond acceptors (Lipinski definition) is 1. The molecule has 0 unspecified atom stereocenters. The molecule has 13 heavy (non-hydrogen) atoms. The van der Waals surface area contributed by atoms with Gasteiger partial charge in [-0.2, -0.15) is 0 Å². The van der Waals surface area contributed by atoms with Crippen molar-refractivity contribution in [2.24, 2.45) is 5.73 Å². The maximum absolute atomic E-state index is 11.0. The normalized spacial score (nSPS) is 10.8. The molecule has 0 bridgehead atoms. The maximum Gasteiger partial charge on any atom is 0.250 e. The van der Waals surface area contributed by atoms with E-state index in [4.69, 9.17) is 5.73 Å². The Kier molecular flexibility index (Phi) is 2.45. The highest BCUT2D eigenvalue weighted by Crippen LogP contribution is 2.19. The zero-order chi connectivity index (χ0) is 10.2. The van der Waals surface area contributed by atoms with E-state index in [-0.39, 0.29) is 5.91 Å². The highest BCUT2D eigenvalue weighted by Gasteiger charge is 2.14. The Hall–Kier alpha value is -1.25. The molecule has 0 atom stereocenters. The van der Waals surface area contributed by atoms with Crippen molar-refractivity contribution in [2.75, 3.05) is 0 Å². The van der Waals surface area contributed by atoms with Crippen molar-refractivity contribution >= 4 is 5.91 Å². The van der Waals surface area contributed by atoms with Crippen LogP contribution >= 0.6 is 0 Å². The molecule has 0 aromatic carbocycles. The van der Waals surface area contributed by atoms with Gasteiger partial charge in [0.25, 0.3) is 5.91 Å².